The van der Waals surface area contributed by atoms with Gasteiger partial charge in [-0.2, -0.15) is 0 Å². The fourth-order valence-electron chi connectivity index (χ4n) is 2.44. The number of aromatic amines is 1. The van der Waals surface area contributed by atoms with E-state index in [-0.39, 0.29) is 0 Å². The molecule has 1 fully saturated rings. The number of rotatable bonds is 1. The number of H-pyrrole nitrogens is 1. The predicted octanol–water partition coefficient (Wildman–Crippen LogP) is 2.32. The summed E-state index contributed by atoms with van der Waals surface area (Å²) in [5.74, 6) is 0. The molecular formula is C12H14N2O. The first-order valence-electron chi connectivity index (χ1n) is 5.45. The molecule has 3 nitrogen and oxygen atoms in total. The molecule has 2 N–H and O–H groups in total. The van der Waals surface area contributed by atoms with Crippen molar-refractivity contribution in [2.75, 3.05) is 0 Å². The van der Waals surface area contributed by atoms with Crippen LogP contribution in [-0.2, 0) is 5.60 Å². The monoisotopic (exact) mass is 202 g/mol. The van der Waals surface area contributed by atoms with Gasteiger partial charge in [-0.3, -0.25) is 0 Å². The average Bonchev–Trinajstić information content (AvgIpc) is 2.84. The summed E-state index contributed by atoms with van der Waals surface area (Å²) in [5, 5.41) is 11.5. The standard InChI is InChI=1S/C12H14N2O/c15-12(5-1-2-6-12)10-8-9-4-3-7-13-11(9)14-10/h3-4,7-8,15H,1-2,5-6H2,(H,13,14). The normalized spacial score (nSPS) is 19.8. The van der Waals surface area contributed by atoms with Crippen LogP contribution in [0.15, 0.2) is 24.4 Å². The summed E-state index contributed by atoms with van der Waals surface area (Å²) >= 11 is 0. The van der Waals surface area contributed by atoms with Crippen LogP contribution in [-0.4, -0.2) is 15.1 Å². The molecule has 0 spiro atoms. The lowest BCUT2D eigenvalue weighted by Crippen LogP contribution is -2.21. The third-order valence-corrected chi connectivity index (χ3v) is 3.32. The molecule has 0 atom stereocenters. The number of nitrogens with one attached hydrogen (secondary N) is 1. The van der Waals surface area contributed by atoms with Crippen LogP contribution in [0, 0.1) is 0 Å². The molecular weight excluding hydrogens is 188 g/mol. The Morgan fingerprint density at radius 1 is 1.33 bits per heavy atom. The quantitative estimate of drug-likeness (QED) is 0.745. The molecule has 2 heterocycles. The van der Waals surface area contributed by atoms with E-state index in [2.05, 4.69) is 9.97 Å². The Balaban J connectivity index is 2.11. The summed E-state index contributed by atoms with van der Waals surface area (Å²) < 4.78 is 0. The maximum atomic E-state index is 10.4. The minimum absolute atomic E-state index is 0.638. The SMILES string of the molecule is OC1(c2cc3cccnc3[nH]2)CCCC1. The molecule has 78 valence electrons. The number of aliphatic hydroxyl groups is 1. The smallest absolute Gasteiger partial charge is 0.137 e. The van der Waals surface area contributed by atoms with Gasteiger partial charge in [0, 0.05) is 17.3 Å². The van der Waals surface area contributed by atoms with Crippen LogP contribution >= 0.6 is 0 Å². The molecule has 0 aromatic carbocycles. The zero-order valence-electron chi connectivity index (χ0n) is 8.53. The summed E-state index contributed by atoms with van der Waals surface area (Å²) in [6.45, 7) is 0. The fourth-order valence-corrected chi connectivity index (χ4v) is 2.44. The number of nitrogens with zero attached hydrogens (tertiary/aromatic N) is 1. The van der Waals surface area contributed by atoms with Crippen molar-refractivity contribution in [2.24, 2.45) is 0 Å². The minimum atomic E-state index is -0.638. The second-order valence-electron chi connectivity index (χ2n) is 4.36. The Bertz CT molecular complexity index is 450. The van der Waals surface area contributed by atoms with Gasteiger partial charge < -0.3 is 10.1 Å². The molecule has 0 saturated heterocycles. The molecule has 0 aliphatic heterocycles. The molecule has 0 bridgehead atoms. The first kappa shape index (κ1) is 8.92. The Labute approximate surface area is 88.2 Å². The third-order valence-electron chi connectivity index (χ3n) is 3.32. The van der Waals surface area contributed by atoms with Gasteiger partial charge in [-0.05, 0) is 31.0 Å². The molecule has 3 rings (SSSR count). The molecule has 1 aliphatic carbocycles. The Morgan fingerprint density at radius 3 is 2.87 bits per heavy atom. The van der Waals surface area contributed by atoms with Crippen molar-refractivity contribution >= 4 is 11.0 Å². The molecule has 2 aromatic heterocycles. The number of fused-ring (bicyclic) bond motifs is 1. The Hall–Kier alpha value is -1.35. The fraction of sp³-hybridized carbons (Fsp3) is 0.417. The van der Waals surface area contributed by atoms with Gasteiger partial charge in [-0.15, -0.1) is 0 Å². The van der Waals surface area contributed by atoms with Crippen molar-refractivity contribution < 1.29 is 5.11 Å². The predicted molar refractivity (Wildman–Crippen MR) is 58.5 cm³/mol. The largest absolute Gasteiger partial charge is 0.384 e. The molecule has 1 aliphatic rings. The van der Waals surface area contributed by atoms with E-state index < -0.39 is 5.60 Å². The van der Waals surface area contributed by atoms with E-state index in [0.29, 0.717) is 0 Å². The highest BCUT2D eigenvalue weighted by Crippen LogP contribution is 2.38. The van der Waals surface area contributed by atoms with E-state index in [4.69, 9.17) is 0 Å². The Morgan fingerprint density at radius 2 is 2.13 bits per heavy atom. The molecule has 2 aromatic rings. The number of aromatic nitrogens is 2. The van der Waals surface area contributed by atoms with Crippen molar-refractivity contribution in [3.05, 3.63) is 30.1 Å². The Kier molecular flexibility index (Phi) is 1.83. The van der Waals surface area contributed by atoms with Gasteiger partial charge in [0.15, 0.2) is 0 Å². The van der Waals surface area contributed by atoms with Crippen molar-refractivity contribution in [3.8, 4) is 0 Å². The van der Waals surface area contributed by atoms with Crippen LogP contribution in [0.3, 0.4) is 0 Å². The van der Waals surface area contributed by atoms with Crippen LogP contribution < -0.4 is 0 Å². The van der Waals surface area contributed by atoms with E-state index in [1.165, 1.54) is 0 Å². The van der Waals surface area contributed by atoms with E-state index in [0.717, 1.165) is 42.4 Å². The van der Waals surface area contributed by atoms with Gasteiger partial charge in [-0.25, -0.2) is 4.98 Å². The maximum Gasteiger partial charge on any atom is 0.137 e. The van der Waals surface area contributed by atoms with Gasteiger partial charge in [0.05, 0.1) is 0 Å². The van der Waals surface area contributed by atoms with Gasteiger partial charge in [-0.1, -0.05) is 12.8 Å². The van der Waals surface area contributed by atoms with Crippen LogP contribution in [0.1, 0.15) is 31.4 Å². The first-order valence-corrected chi connectivity index (χ1v) is 5.45. The maximum absolute atomic E-state index is 10.4. The number of pyridine rings is 1. The van der Waals surface area contributed by atoms with Crippen molar-refractivity contribution in [1.29, 1.82) is 0 Å². The molecule has 0 unspecified atom stereocenters. The summed E-state index contributed by atoms with van der Waals surface area (Å²) in [5.41, 5.74) is 1.15. The van der Waals surface area contributed by atoms with Crippen LogP contribution in [0.5, 0.6) is 0 Å². The molecule has 3 heteroatoms. The van der Waals surface area contributed by atoms with E-state index in [1.54, 1.807) is 6.20 Å². The lowest BCUT2D eigenvalue weighted by Gasteiger charge is -2.20. The van der Waals surface area contributed by atoms with Gasteiger partial charge >= 0.3 is 0 Å². The summed E-state index contributed by atoms with van der Waals surface area (Å²) in [4.78, 5) is 7.45. The molecule has 0 amide bonds. The number of hydrogen-bond donors (Lipinski definition) is 2. The molecule has 0 radical (unpaired) electrons. The second kappa shape index (κ2) is 3.07. The van der Waals surface area contributed by atoms with E-state index in [9.17, 15) is 5.11 Å². The second-order valence-corrected chi connectivity index (χ2v) is 4.36. The van der Waals surface area contributed by atoms with Crippen LogP contribution in [0.4, 0.5) is 0 Å². The lowest BCUT2D eigenvalue weighted by molar-refractivity contribution is 0.0407. The highest BCUT2D eigenvalue weighted by atomic mass is 16.3. The van der Waals surface area contributed by atoms with Crippen molar-refractivity contribution in [1.82, 2.24) is 9.97 Å². The van der Waals surface area contributed by atoms with E-state index >= 15 is 0 Å². The van der Waals surface area contributed by atoms with Gasteiger partial charge in [0.25, 0.3) is 0 Å². The van der Waals surface area contributed by atoms with Crippen LogP contribution in [0.2, 0.25) is 0 Å². The summed E-state index contributed by atoms with van der Waals surface area (Å²) in [6, 6.07) is 5.95. The molecule has 1 saturated carbocycles. The summed E-state index contributed by atoms with van der Waals surface area (Å²) in [6.07, 6.45) is 5.71. The van der Waals surface area contributed by atoms with Crippen molar-refractivity contribution in [3.63, 3.8) is 0 Å². The van der Waals surface area contributed by atoms with E-state index in [1.807, 2.05) is 18.2 Å². The van der Waals surface area contributed by atoms with Gasteiger partial charge in [0.2, 0.25) is 0 Å². The molecule has 15 heavy (non-hydrogen) atoms. The highest BCUT2D eigenvalue weighted by molar-refractivity contribution is 5.76. The third kappa shape index (κ3) is 1.35. The van der Waals surface area contributed by atoms with Crippen LogP contribution in [0.25, 0.3) is 11.0 Å². The lowest BCUT2D eigenvalue weighted by atomic mass is 9.98. The topological polar surface area (TPSA) is 48.9 Å². The van der Waals surface area contributed by atoms with Gasteiger partial charge in [0.1, 0.15) is 11.2 Å². The summed E-state index contributed by atoms with van der Waals surface area (Å²) in [7, 11) is 0. The average molecular weight is 202 g/mol. The zero-order valence-corrected chi connectivity index (χ0v) is 8.53. The number of hydrogen-bond acceptors (Lipinski definition) is 2. The first-order chi connectivity index (χ1) is 7.28. The zero-order chi connectivity index (χ0) is 10.3. The minimum Gasteiger partial charge on any atom is -0.384 e. The highest BCUT2D eigenvalue weighted by Gasteiger charge is 2.34. The van der Waals surface area contributed by atoms with Crippen molar-refractivity contribution in [2.45, 2.75) is 31.3 Å².